The Balaban J connectivity index is 1.89. The molecule has 0 saturated heterocycles. The van der Waals surface area contributed by atoms with Crippen LogP contribution in [-0.2, 0) is 11.3 Å². The second-order valence-corrected chi connectivity index (χ2v) is 6.63. The Morgan fingerprint density at radius 3 is 2.65 bits per heavy atom. The molecule has 1 amide bonds. The molecule has 0 unspecified atom stereocenters. The largest absolute Gasteiger partial charge is 0.484 e. The number of nitrogens with zero attached hydrogens (tertiary/aromatic N) is 3. The van der Waals surface area contributed by atoms with E-state index >= 15 is 0 Å². The molecule has 6 nitrogen and oxygen atoms in total. The van der Waals surface area contributed by atoms with Crippen LogP contribution in [0.25, 0.3) is 0 Å². The molecule has 7 heteroatoms. The van der Waals surface area contributed by atoms with Crippen molar-refractivity contribution in [3.8, 4) is 5.75 Å². The Morgan fingerprint density at radius 2 is 2.00 bits per heavy atom. The molecule has 0 atom stereocenters. The zero-order chi connectivity index (χ0) is 19.1. The van der Waals surface area contributed by atoms with Crippen LogP contribution in [0.3, 0.4) is 0 Å². The molecule has 0 saturated carbocycles. The highest BCUT2D eigenvalue weighted by Gasteiger charge is 2.11. The SMILES string of the molecule is CCCCn1nc(C)c(/C=N\NC(=O)COc2cc(C)cc(C)c2)c1Cl. The smallest absolute Gasteiger partial charge is 0.277 e. The topological polar surface area (TPSA) is 68.5 Å². The monoisotopic (exact) mass is 376 g/mol. The van der Waals surface area contributed by atoms with E-state index in [2.05, 4.69) is 22.5 Å². The van der Waals surface area contributed by atoms with Crippen LogP contribution < -0.4 is 10.2 Å². The van der Waals surface area contributed by atoms with Crippen molar-refractivity contribution in [1.82, 2.24) is 15.2 Å². The zero-order valence-corrected chi connectivity index (χ0v) is 16.4. The van der Waals surface area contributed by atoms with Crippen LogP contribution in [0.4, 0.5) is 0 Å². The lowest BCUT2D eigenvalue weighted by Gasteiger charge is -2.07. The van der Waals surface area contributed by atoms with Crippen molar-refractivity contribution >= 4 is 23.7 Å². The van der Waals surface area contributed by atoms with Crippen molar-refractivity contribution in [1.29, 1.82) is 0 Å². The van der Waals surface area contributed by atoms with E-state index in [1.807, 2.05) is 39.0 Å². The van der Waals surface area contributed by atoms with Gasteiger partial charge in [0.1, 0.15) is 10.9 Å². The van der Waals surface area contributed by atoms with Crippen LogP contribution in [0.15, 0.2) is 23.3 Å². The Hall–Kier alpha value is -2.34. The number of rotatable bonds is 8. The highest BCUT2D eigenvalue weighted by molar-refractivity contribution is 6.32. The average Bonchev–Trinajstić information content (AvgIpc) is 2.84. The predicted molar refractivity (Wildman–Crippen MR) is 104 cm³/mol. The number of nitrogens with one attached hydrogen (secondary N) is 1. The number of carbonyl (C=O) groups is 1. The van der Waals surface area contributed by atoms with Crippen LogP contribution in [0.5, 0.6) is 5.75 Å². The first kappa shape index (κ1) is 20.0. The van der Waals surface area contributed by atoms with E-state index in [1.165, 1.54) is 6.21 Å². The zero-order valence-electron chi connectivity index (χ0n) is 15.7. The number of hydrazone groups is 1. The minimum absolute atomic E-state index is 0.108. The summed E-state index contributed by atoms with van der Waals surface area (Å²) in [4.78, 5) is 11.9. The fourth-order valence-corrected chi connectivity index (χ4v) is 2.84. The van der Waals surface area contributed by atoms with Crippen molar-refractivity contribution < 1.29 is 9.53 Å². The third kappa shape index (κ3) is 5.59. The third-order valence-corrected chi connectivity index (χ3v) is 4.18. The lowest BCUT2D eigenvalue weighted by atomic mass is 10.1. The molecule has 0 aliphatic rings. The van der Waals surface area contributed by atoms with Gasteiger partial charge in [-0.1, -0.05) is 31.0 Å². The van der Waals surface area contributed by atoms with Crippen LogP contribution in [-0.4, -0.2) is 28.5 Å². The van der Waals surface area contributed by atoms with Crippen molar-refractivity contribution in [2.75, 3.05) is 6.61 Å². The van der Waals surface area contributed by atoms with Gasteiger partial charge in [-0.15, -0.1) is 0 Å². The molecule has 2 aromatic rings. The first-order chi connectivity index (χ1) is 12.4. The first-order valence-electron chi connectivity index (χ1n) is 8.66. The number of aromatic nitrogens is 2. The molecule has 1 heterocycles. The number of ether oxygens (including phenoxy) is 1. The maximum Gasteiger partial charge on any atom is 0.277 e. The lowest BCUT2D eigenvalue weighted by molar-refractivity contribution is -0.123. The maximum atomic E-state index is 11.9. The van der Waals surface area contributed by atoms with Crippen LogP contribution in [0.2, 0.25) is 5.15 Å². The molecule has 1 aromatic carbocycles. The molecule has 26 heavy (non-hydrogen) atoms. The molecule has 0 bridgehead atoms. The molecule has 0 fully saturated rings. The summed E-state index contributed by atoms with van der Waals surface area (Å²) in [5.74, 6) is 0.324. The summed E-state index contributed by atoms with van der Waals surface area (Å²) in [6.45, 7) is 8.60. The highest BCUT2D eigenvalue weighted by atomic mass is 35.5. The number of unbranched alkanes of at least 4 members (excludes halogenated alkanes) is 1. The normalized spacial score (nSPS) is 11.1. The van der Waals surface area contributed by atoms with E-state index in [0.29, 0.717) is 16.5 Å². The molecule has 140 valence electrons. The van der Waals surface area contributed by atoms with Crippen molar-refractivity contribution in [3.63, 3.8) is 0 Å². The second kappa shape index (κ2) is 9.38. The van der Waals surface area contributed by atoms with Gasteiger partial charge in [-0.3, -0.25) is 9.48 Å². The van der Waals surface area contributed by atoms with Gasteiger partial charge in [0.2, 0.25) is 0 Å². The average molecular weight is 377 g/mol. The Bertz CT molecular complexity index is 779. The molecule has 2 rings (SSSR count). The summed E-state index contributed by atoms with van der Waals surface area (Å²) in [5.41, 5.74) is 6.10. The number of hydrogen-bond acceptors (Lipinski definition) is 4. The summed E-state index contributed by atoms with van der Waals surface area (Å²) in [7, 11) is 0. The van der Waals surface area contributed by atoms with Gasteiger partial charge in [0.15, 0.2) is 6.61 Å². The van der Waals surface area contributed by atoms with Gasteiger partial charge in [0.25, 0.3) is 5.91 Å². The second-order valence-electron chi connectivity index (χ2n) is 6.27. The molecular formula is C19H25ClN4O2. The van der Waals surface area contributed by atoms with Gasteiger partial charge < -0.3 is 4.74 Å². The number of carbonyl (C=O) groups excluding carboxylic acids is 1. The van der Waals surface area contributed by atoms with E-state index in [1.54, 1.807) is 4.68 Å². The number of hydrogen-bond donors (Lipinski definition) is 1. The maximum absolute atomic E-state index is 11.9. The predicted octanol–water partition coefficient (Wildman–Crippen LogP) is 3.79. The van der Waals surface area contributed by atoms with Crippen LogP contribution in [0.1, 0.15) is 42.1 Å². The summed E-state index contributed by atoms with van der Waals surface area (Å²) in [5, 5.41) is 8.88. The molecule has 1 N–H and O–H groups in total. The van der Waals surface area contributed by atoms with E-state index < -0.39 is 0 Å². The Labute approximate surface area is 159 Å². The van der Waals surface area contributed by atoms with Crippen molar-refractivity contribution in [2.45, 2.75) is 47.1 Å². The van der Waals surface area contributed by atoms with Crippen molar-refractivity contribution in [2.24, 2.45) is 5.10 Å². The van der Waals surface area contributed by atoms with E-state index in [9.17, 15) is 4.79 Å². The number of amides is 1. The Morgan fingerprint density at radius 1 is 1.31 bits per heavy atom. The number of aryl methyl sites for hydroxylation is 4. The lowest BCUT2D eigenvalue weighted by Crippen LogP contribution is -2.24. The van der Waals surface area contributed by atoms with Gasteiger partial charge in [0.05, 0.1) is 17.5 Å². The Kier molecular flexibility index (Phi) is 7.21. The van der Waals surface area contributed by atoms with E-state index in [0.717, 1.165) is 36.2 Å². The van der Waals surface area contributed by atoms with Gasteiger partial charge >= 0.3 is 0 Å². The number of benzene rings is 1. The minimum Gasteiger partial charge on any atom is -0.484 e. The number of halogens is 1. The molecule has 0 radical (unpaired) electrons. The van der Waals surface area contributed by atoms with E-state index in [-0.39, 0.29) is 12.5 Å². The van der Waals surface area contributed by atoms with E-state index in [4.69, 9.17) is 16.3 Å². The van der Waals surface area contributed by atoms with Gasteiger partial charge in [0, 0.05) is 6.54 Å². The van der Waals surface area contributed by atoms with Gasteiger partial charge in [-0.2, -0.15) is 10.2 Å². The summed E-state index contributed by atoms with van der Waals surface area (Å²) < 4.78 is 7.26. The quantitative estimate of drug-likeness (QED) is 0.563. The minimum atomic E-state index is -0.340. The fraction of sp³-hybridized carbons (Fsp3) is 0.421. The molecule has 0 aliphatic carbocycles. The molecule has 0 spiro atoms. The fourth-order valence-electron chi connectivity index (χ4n) is 2.54. The van der Waals surface area contributed by atoms with Crippen LogP contribution >= 0.6 is 11.6 Å². The van der Waals surface area contributed by atoms with Crippen LogP contribution in [0, 0.1) is 20.8 Å². The summed E-state index contributed by atoms with van der Waals surface area (Å²) in [6.07, 6.45) is 3.58. The third-order valence-electron chi connectivity index (χ3n) is 3.78. The standard InChI is InChI=1S/C19H25ClN4O2/c1-5-6-7-24-19(20)17(15(4)23-24)11-21-22-18(25)12-26-16-9-13(2)8-14(3)10-16/h8-11H,5-7,12H2,1-4H3,(H,22,25)/b21-11-. The summed E-state index contributed by atoms with van der Waals surface area (Å²) >= 11 is 6.32. The summed E-state index contributed by atoms with van der Waals surface area (Å²) in [6, 6.07) is 5.82. The first-order valence-corrected chi connectivity index (χ1v) is 9.04. The molecule has 1 aromatic heterocycles. The van der Waals surface area contributed by atoms with Gasteiger partial charge in [-0.25, -0.2) is 5.43 Å². The molecular weight excluding hydrogens is 352 g/mol. The molecule has 0 aliphatic heterocycles. The van der Waals surface area contributed by atoms with Gasteiger partial charge in [-0.05, 0) is 50.5 Å². The van der Waals surface area contributed by atoms with Crippen molar-refractivity contribution in [3.05, 3.63) is 45.7 Å². The highest BCUT2D eigenvalue weighted by Crippen LogP contribution is 2.18.